The van der Waals surface area contributed by atoms with Gasteiger partial charge in [-0.25, -0.2) is 0 Å². The van der Waals surface area contributed by atoms with Gasteiger partial charge in [-0.05, 0) is 24.3 Å². The number of hydrogen-bond acceptors (Lipinski definition) is 8. The SMILES string of the molecule is O=[N+]([O-])c1ccc(N2CCN(c3ccc([N+](=O)[O-])c4cnccc34)CC2)c2ccncc12. The smallest absolute Gasteiger partial charge is 0.278 e. The number of pyridine rings is 2. The normalized spacial score (nSPS) is 14.1. The topological polar surface area (TPSA) is 119 Å². The number of hydrogen-bond donors (Lipinski definition) is 0. The highest BCUT2D eigenvalue weighted by Crippen LogP contribution is 2.36. The van der Waals surface area contributed by atoms with Crippen molar-refractivity contribution in [2.24, 2.45) is 0 Å². The van der Waals surface area contributed by atoms with Crippen LogP contribution in [0.2, 0.25) is 0 Å². The number of fused-ring (bicyclic) bond motifs is 2. The molecule has 0 spiro atoms. The Kier molecular flexibility index (Phi) is 4.74. The van der Waals surface area contributed by atoms with Crippen LogP contribution in [0.3, 0.4) is 0 Å². The molecule has 1 aliphatic heterocycles. The standard InChI is InChI=1S/C22H18N6O4/c29-27(30)21-3-1-19(15-5-7-23-13-17(15)21)25-9-11-26(12-10-25)20-2-4-22(28(31)32)18-14-24-8-6-16(18)20/h1-8,13-14H,9-12H2. The number of rotatable bonds is 4. The summed E-state index contributed by atoms with van der Waals surface area (Å²) in [6.07, 6.45) is 6.35. The molecule has 160 valence electrons. The Morgan fingerprint density at radius 1 is 0.625 bits per heavy atom. The van der Waals surface area contributed by atoms with Crippen LogP contribution in [0, 0.1) is 20.2 Å². The molecule has 2 aromatic carbocycles. The van der Waals surface area contributed by atoms with Crippen LogP contribution in [0.5, 0.6) is 0 Å². The van der Waals surface area contributed by atoms with Crippen molar-refractivity contribution in [2.75, 3.05) is 36.0 Å². The van der Waals surface area contributed by atoms with Crippen molar-refractivity contribution in [3.8, 4) is 0 Å². The van der Waals surface area contributed by atoms with E-state index in [1.807, 2.05) is 0 Å². The van der Waals surface area contributed by atoms with E-state index < -0.39 is 0 Å². The Hall–Kier alpha value is -4.34. The van der Waals surface area contributed by atoms with Crippen LogP contribution in [0.15, 0.2) is 61.2 Å². The lowest BCUT2D eigenvalue weighted by atomic mass is 10.1. The molecule has 0 bridgehead atoms. The second-order valence-corrected chi connectivity index (χ2v) is 7.54. The van der Waals surface area contributed by atoms with Gasteiger partial charge >= 0.3 is 0 Å². The molecule has 5 rings (SSSR count). The molecule has 0 aliphatic carbocycles. The summed E-state index contributed by atoms with van der Waals surface area (Å²) in [6.45, 7) is 2.83. The minimum atomic E-state index is -0.389. The highest BCUT2D eigenvalue weighted by atomic mass is 16.6. The fourth-order valence-electron chi connectivity index (χ4n) is 4.38. The molecule has 32 heavy (non-hydrogen) atoms. The predicted octanol–water partition coefficient (Wildman–Crippen LogP) is 3.93. The van der Waals surface area contributed by atoms with Crippen LogP contribution < -0.4 is 9.80 Å². The second-order valence-electron chi connectivity index (χ2n) is 7.54. The minimum Gasteiger partial charge on any atom is -0.367 e. The second kappa shape index (κ2) is 7.73. The Morgan fingerprint density at radius 2 is 1.03 bits per heavy atom. The van der Waals surface area contributed by atoms with Crippen molar-refractivity contribution in [2.45, 2.75) is 0 Å². The average Bonchev–Trinajstić information content (AvgIpc) is 2.82. The molecule has 0 atom stereocenters. The monoisotopic (exact) mass is 430 g/mol. The van der Waals surface area contributed by atoms with Gasteiger partial charge in [-0.1, -0.05) is 0 Å². The summed E-state index contributed by atoms with van der Waals surface area (Å²) in [6, 6.07) is 10.3. The summed E-state index contributed by atoms with van der Waals surface area (Å²) in [5, 5.41) is 25.4. The molecule has 0 N–H and O–H groups in total. The number of nitrogens with zero attached hydrogens (tertiary/aromatic N) is 6. The van der Waals surface area contributed by atoms with Crippen LogP contribution in [-0.2, 0) is 0 Å². The highest BCUT2D eigenvalue weighted by Gasteiger charge is 2.24. The third-order valence-electron chi connectivity index (χ3n) is 5.90. The maximum atomic E-state index is 11.4. The van der Waals surface area contributed by atoms with Gasteiger partial charge in [0.15, 0.2) is 0 Å². The Bertz CT molecular complexity index is 1260. The third kappa shape index (κ3) is 3.22. The minimum absolute atomic E-state index is 0.0430. The van der Waals surface area contributed by atoms with Crippen molar-refractivity contribution in [3.63, 3.8) is 0 Å². The van der Waals surface area contributed by atoms with Crippen LogP contribution in [0.1, 0.15) is 0 Å². The summed E-state index contributed by atoms with van der Waals surface area (Å²) >= 11 is 0. The van der Waals surface area contributed by atoms with Gasteiger partial charge in [-0.2, -0.15) is 0 Å². The van der Waals surface area contributed by atoms with E-state index in [0.717, 1.165) is 22.1 Å². The maximum Gasteiger partial charge on any atom is 0.278 e. The van der Waals surface area contributed by atoms with Gasteiger partial charge in [0, 0.05) is 85.2 Å². The molecule has 0 saturated carbocycles. The molecule has 4 aromatic rings. The van der Waals surface area contributed by atoms with E-state index in [4.69, 9.17) is 0 Å². The van der Waals surface area contributed by atoms with Gasteiger partial charge in [0.1, 0.15) is 0 Å². The molecule has 1 aliphatic rings. The molecule has 10 nitrogen and oxygen atoms in total. The van der Waals surface area contributed by atoms with E-state index in [9.17, 15) is 20.2 Å². The zero-order valence-electron chi connectivity index (χ0n) is 16.9. The van der Waals surface area contributed by atoms with E-state index in [1.165, 1.54) is 24.5 Å². The first-order chi connectivity index (χ1) is 15.5. The average molecular weight is 430 g/mol. The first kappa shape index (κ1) is 19.6. The summed E-state index contributed by atoms with van der Waals surface area (Å²) in [5.74, 6) is 0. The van der Waals surface area contributed by atoms with E-state index in [0.29, 0.717) is 37.0 Å². The van der Waals surface area contributed by atoms with Crippen LogP contribution in [0.4, 0.5) is 22.7 Å². The molecule has 0 unspecified atom stereocenters. The fraction of sp³-hybridized carbons (Fsp3) is 0.182. The molecule has 3 heterocycles. The van der Waals surface area contributed by atoms with Crippen molar-refractivity contribution in [3.05, 3.63) is 81.4 Å². The number of nitro groups is 2. The zero-order chi connectivity index (χ0) is 22.2. The zero-order valence-corrected chi connectivity index (χ0v) is 16.9. The first-order valence-corrected chi connectivity index (χ1v) is 10.1. The first-order valence-electron chi connectivity index (χ1n) is 10.1. The van der Waals surface area contributed by atoms with E-state index in [2.05, 4.69) is 19.8 Å². The van der Waals surface area contributed by atoms with Gasteiger partial charge in [0.05, 0.1) is 20.6 Å². The number of benzene rings is 2. The van der Waals surface area contributed by atoms with Crippen LogP contribution >= 0.6 is 0 Å². The lowest BCUT2D eigenvalue weighted by molar-refractivity contribution is -0.383. The van der Waals surface area contributed by atoms with Crippen molar-refractivity contribution < 1.29 is 9.85 Å². The molecular formula is C22H18N6O4. The summed E-state index contributed by atoms with van der Waals surface area (Å²) < 4.78 is 0. The molecule has 0 amide bonds. The molecule has 1 fully saturated rings. The molecular weight excluding hydrogens is 412 g/mol. The van der Waals surface area contributed by atoms with Crippen molar-refractivity contribution in [1.29, 1.82) is 0 Å². The lowest BCUT2D eigenvalue weighted by Crippen LogP contribution is -2.46. The predicted molar refractivity (Wildman–Crippen MR) is 121 cm³/mol. The Balaban J connectivity index is 1.45. The van der Waals surface area contributed by atoms with Crippen molar-refractivity contribution >= 4 is 44.3 Å². The maximum absolute atomic E-state index is 11.4. The van der Waals surface area contributed by atoms with Gasteiger partial charge in [-0.3, -0.25) is 30.2 Å². The molecule has 0 radical (unpaired) electrons. The highest BCUT2D eigenvalue weighted by molar-refractivity contribution is 6.00. The van der Waals surface area contributed by atoms with Crippen LogP contribution in [-0.4, -0.2) is 46.0 Å². The summed E-state index contributed by atoms with van der Waals surface area (Å²) in [4.78, 5) is 34.5. The number of nitro benzene ring substituents is 2. The van der Waals surface area contributed by atoms with E-state index >= 15 is 0 Å². The van der Waals surface area contributed by atoms with Gasteiger partial charge in [0.2, 0.25) is 0 Å². The van der Waals surface area contributed by atoms with E-state index in [-0.39, 0.29) is 21.2 Å². The quantitative estimate of drug-likeness (QED) is 0.353. The lowest BCUT2D eigenvalue weighted by Gasteiger charge is -2.38. The number of aromatic nitrogens is 2. The van der Waals surface area contributed by atoms with Crippen molar-refractivity contribution in [1.82, 2.24) is 9.97 Å². The number of anilines is 2. The third-order valence-corrected chi connectivity index (χ3v) is 5.90. The largest absolute Gasteiger partial charge is 0.367 e. The summed E-state index contributed by atoms with van der Waals surface area (Å²) in [7, 11) is 0. The van der Waals surface area contributed by atoms with Crippen LogP contribution in [0.25, 0.3) is 21.5 Å². The van der Waals surface area contributed by atoms with Gasteiger partial charge in [-0.15, -0.1) is 0 Å². The molecule has 2 aromatic heterocycles. The number of non-ortho nitro benzene ring substituents is 2. The van der Waals surface area contributed by atoms with Gasteiger partial charge in [0.25, 0.3) is 11.4 Å². The van der Waals surface area contributed by atoms with E-state index in [1.54, 1.807) is 36.7 Å². The Morgan fingerprint density at radius 3 is 1.41 bits per heavy atom. The summed E-state index contributed by atoms with van der Waals surface area (Å²) in [5.41, 5.74) is 1.96. The Labute approximate surface area is 182 Å². The molecule has 1 saturated heterocycles. The van der Waals surface area contributed by atoms with Gasteiger partial charge < -0.3 is 9.80 Å². The molecule has 10 heteroatoms. The fourth-order valence-corrected chi connectivity index (χ4v) is 4.38. The number of piperazine rings is 1.